The Morgan fingerprint density at radius 2 is 2.06 bits per heavy atom. The fraction of sp³-hybridized carbons (Fsp3) is 0.786. The summed E-state index contributed by atoms with van der Waals surface area (Å²) in [6.45, 7) is 2.80. The lowest BCUT2D eigenvalue weighted by atomic mass is 9.95. The summed E-state index contributed by atoms with van der Waals surface area (Å²) in [5.74, 6) is 0.966. The first-order valence-electron chi connectivity index (χ1n) is 7.10. The molecule has 0 bridgehead atoms. The van der Waals surface area contributed by atoms with Gasteiger partial charge in [-0.25, -0.2) is 4.68 Å². The van der Waals surface area contributed by atoms with E-state index in [4.69, 9.17) is 15.6 Å². The van der Waals surface area contributed by atoms with Gasteiger partial charge in [-0.3, -0.25) is 0 Å². The van der Waals surface area contributed by atoms with Gasteiger partial charge in [0, 0.05) is 5.56 Å². The van der Waals surface area contributed by atoms with Crippen LogP contribution in [0, 0.1) is 6.92 Å². The molecule has 0 radical (unpaired) electrons. The molecule has 1 aliphatic rings. The highest BCUT2D eigenvalue weighted by Crippen LogP contribution is 2.34. The number of aromatic nitrogens is 2. The molecular weight excluding hydrogens is 226 g/mol. The van der Waals surface area contributed by atoms with Gasteiger partial charge in [0.1, 0.15) is 0 Å². The first-order valence-corrected chi connectivity index (χ1v) is 7.10. The number of nitrogens with two attached hydrogens (primary N) is 1. The molecule has 1 aliphatic carbocycles. The molecular formula is C14H25N3O. The lowest BCUT2D eigenvalue weighted by Gasteiger charge is -2.23. The molecule has 0 amide bonds. The second-order valence-electron chi connectivity index (χ2n) is 5.20. The van der Waals surface area contributed by atoms with Crippen LogP contribution in [0.3, 0.4) is 0 Å². The quantitative estimate of drug-likeness (QED) is 0.875. The Morgan fingerprint density at radius 3 is 2.67 bits per heavy atom. The lowest BCUT2D eigenvalue weighted by Crippen LogP contribution is -2.15. The van der Waals surface area contributed by atoms with E-state index in [1.54, 1.807) is 7.11 Å². The van der Waals surface area contributed by atoms with Crippen LogP contribution in [0.25, 0.3) is 0 Å². The molecule has 1 saturated carbocycles. The van der Waals surface area contributed by atoms with Crippen LogP contribution < -0.4 is 10.5 Å². The largest absolute Gasteiger partial charge is 0.481 e. The highest BCUT2D eigenvalue weighted by molar-refractivity contribution is 5.31. The molecule has 102 valence electrons. The summed E-state index contributed by atoms with van der Waals surface area (Å²) in [7, 11) is 1.75. The summed E-state index contributed by atoms with van der Waals surface area (Å²) in [4.78, 5) is 0. The van der Waals surface area contributed by atoms with E-state index in [0.717, 1.165) is 31.0 Å². The van der Waals surface area contributed by atoms with E-state index < -0.39 is 0 Å². The van der Waals surface area contributed by atoms with Gasteiger partial charge in [0.15, 0.2) is 0 Å². The number of nitrogens with zero attached hydrogens (tertiary/aromatic N) is 2. The van der Waals surface area contributed by atoms with Crippen molar-refractivity contribution in [2.45, 2.75) is 57.9 Å². The first kappa shape index (κ1) is 13.4. The predicted octanol–water partition coefficient (Wildman–Crippen LogP) is 2.60. The molecule has 2 rings (SSSR count). The molecule has 1 aromatic rings. The molecule has 0 atom stereocenters. The maximum atomic E-state index is 5.61. The zero-order valence-electron chi connectivity index (χ0n) is 11.6. The highest BCUT2D eigenvalue weighted by atomic mass is 16.5. The third-order valence-corrected chi connectivity index (χ3v) is 3.91. The van der Waals surface area contributed by atoms with Gasteiger partial charge in [0.05, 0.1) is 18.8 Å². The average Bonchev–Trinajstić information content (AvgIpc) is 2.73. The van der Waals surface area contributed by atoms with Crippen molar-refractivity contribution >= 4 is 0 Å². The molecule has 0 aliphatic heterocycles. The molecule has 4 nitrogen and oxygen atoms in total. The van der Waals surface area contributed by atoms with Crippen molar-refractivity contribution in [2.75, 3.05) is 13.7 Å². The number of hydrogen-bond donors (Lipinski definition) is 1. The van der Waals surface area contributed by atoms with E-state index in [1.807, 2.05) is 0 Å². The zero-order chi connectivity index (χ0) is 13.0. The summed E-state index contributed by atoms with van der Waals surface area (Å²) in [6, 6.07) is 0.527. The smallest absolute Gasteiger partial charge is 0.215 e. The molecule has 0 spiro atoms. The summed E-state index contributed by atoms with van der Waals surface area (Å²) >= 11 is 0. The molecule has 0 aromatic carbocycles. The average molecular weight is 251 g/mol. The van der Waals surface area contributed by atoms with Gasteiger partial charge in [-0.2, -0.15) is 5.10 Å². The van der Waals surface area contributed by atoms with Crippen LogP contribution in [-0.2, 0) is 6.42 Å². The summed E-state index contributed by atoms with van der Waals surface area (Å²) < 4.78 is 7.73. The van der Waals surface area contributed by atoms with Crippen molar-refractivity contribution in [1.29, 1.82) is 0 Å². The molecule has 2 N–H and O–H groups in total. The van der Waals surface area contributed by atoms with Crippen LogP contribution in [-0.4, -0.2) is 23.4 Å². The van der Waals surface area contributed by atoms with Crippen molar-refractivity contribution < 1.29 is 4.74 Å². The van der Waals surface area contributed by atoms with Crippen LogP contribution in [0.4, 0.5) is 0 Å². The van der Waals surface area contributed by atoms with Crippen LogP contribution in [0.2, 0.25) is 0 Å². The van der Waals surface area contributed by atoms with Crippen molar-refractivity contribution in [3.8, 4) is 5.88 Å². The van der Waals surface area contributed by atoms with E-state index in [-0.39, 0.29) is 0 Å². The molecule has 0 unspecified atom stereocenters. The Labute approximate surface area is 110 Å². The molecule has 1 aromatic heterocycles. The Hall–Kier alpha value is -1.03. The van der Waals surface area contributed by atoms with Gasteiger partial charge >= 0.3 is 0 Å². The monoisotopic (exact) mass is 251 g/mol. The minimum absolute atomic E-state index is 0.527. The second-order valence-corrected chi connectivity index (χ2v) is 5.20. The predicted molar refractivity (Wildman–Crippen MR) is 73.0 cm³/mol. The topological polar surface area (TPSA) is 53.1 Å². The molecule has 4 heteroatoms. The Kier molecular flexibility index (Phi) is 4.64. The van der Waals surface area contributed by atoms with Gasteiger partial charge < -0.3 is 10.5 Å². The summed E-state index contributed by atoms with van der Waals surface area (Å²) in [6.07, 6.45) is 8.40. The highest BCUT2D eigenvalue weighted by Gasteiger charge is 2.23. The van der Waals surface area contributed by atoms with Crippen LogP contribution >= 0.6 is 0 Å². The fourth-order valence-electron chi connectivity index (χ4n) is 2.92. The van der Waals surface area contributed by atoms with Gasteiger partial charge in [0.2, 0.25) is 5.88 Å². The molecule has 1 fully saturated rings. The van der Waals surface area contributed by atoms with Crippen molar-refractivity contribution in [3.05, 3.63) is 11.3 Å². The summed E-state index contributed by atoms with van der Waals surface area (Å²) in [5, 5.41) is 4.71. The number of methoxy groups -OCH3 is 1. The van der Waals surface area contributed by atoms with Gasteiger partial charge in [0.25, 0.3) is 0 Å². The van der Waals surface area contributed by atoms with Gasteiger partial charge in [-0.15, -0.1) is 0 Å². The van der Waals surface area contributed by atoms with E-state index in [9.17, 15) is 0 Å². The third-order valence-electron chi connectivity index (χ3n) is 3.91. The van der Waals surface area contributed by atoms with Crippen molar-refractivity contribution in [2.24, 2.45) is 5.73 Å². The Bertz CT molecular complexity index is 381. The molecule has 18 heavy (non-hydrogen) atoms. The second kappa shape index (κ2) is 6.23. The number of aryl methyl sites for hydroxylation is 1. The molecule has 0 saturated heterocycles. The van der Waals surface area contributed by atoms with E-state index in [2.05, 4.69) is 11.6 Å². The maximum absolute atomic E-state index is 5.61. The summed E-state index contributed by atoms with van der Waals surface area (Å²) in [5.41, 5.74) is 7.95. The normalized spacial score (nSPS) is 17.1. The van der Waals surface area contributed by atoms with Gasteiger partial charge in [-0.05, 0) is 39.2 Å². The molecule has 1 heterocycles. The minimum Gasteiger partial charge on any atom is -0.481 e. The lowest BCUT2D eigenvalue weighted by molar-refractivity contribution is 0.279. The van der Waals surface area contributed by atoms with E-state index in [1.165, 1.54) is 37.7 Å². The number of rotatable bonds is 5. The van der Waals surface area contributed by atoms with Gasteiger partial charge in [-0.1, -0.05) is 19.3 Å². The SMILES string of the molecule is COc1c(CCCN)c(C)nn1C1CCCCC1. The Morgan fingerprint density at radius 1 is 1.33 bits per heavy atom. The standard InChI is InChI=1S/C14H25N3O/c1-11-13(9-6-10-15)14(18-2)17(16-11)12-7-4-3-5-8-12/h12H,3-10,15H2,1-2H3. The fourth-order valence-corrected chi connectivity index (χ4v) is 2.92. The van der Waals surface area contributed by atoms with Crippen LogP contribution in [0.15, 0.2) is 0 Å². The van der Waals surface area contributed by atoms with E-state index >= 15 is 0 Å². The number of ether oxygens (including phenoxy) is 1. The van der Waals surface area contributed by atoms with E-state index in [0.29, 0.717) is 6.04 Å². The maximum Gasteiger partial charge on any atom is 0.215 e. The van der Waals surface area contributed by atoms with Crippen molar-refractivity contribution in [1.82, 2.24) is 9.78 Å². The first-order chi connectivity index (χ1) is 8.77. The van der Waals surface area contributed by atoms with Crippen LogP contribution in [0.5, 0.6) is 5.88 Å². The van der Waals surface area contributed by atoms with Crippen molar-refractivity contribution in [3.63, 3.8) is 0 Å². The number of hydrogen-bond acceptors (Lipinski definition) is 3. The minimum atomic E-state index is 0.527. The van der Waals surface area contributed by atoms with Crippen LogP contribution in [0.1, 0.15) is 55.8 Å². The zero-order valence-corrected chi connectivity index (χ0v) is 11.6. The third kappa shape index (κ3) is 2.69. The Balaban J connectivity index is 2.23.